The van der Waals surface area contributed by atoms with Crippen molar-refractivity contribution in [3.8, 4) is 0 Å². The van der Waals surface area contributed by atoms with E-state index in [2.05, 4.69) is 5.32 Å². The first-order chi connectivity index (χ1) is 16.7. The van der Waals surface area contributed by atoms with Crippen molar-refractivity contribution in [1.29, 1.82) is 0 Å². The van der Waals surface area contributed by atoms with E-state index in [9.17, 15) is 18.0 Å². The van der Waals surface area contributed by atoms with Gasteiger partial charge in [0, 0.05) is 30.1 Å². The number of benzene rings is 2. The number of aryl methyl sites for hydroxylation is 1. The Bertz CT molecular complexity index is 1150. The number of hydrogen-bond acceptors (Lipinski definition) is 4. The van der Waals surface area contributed by atoms with E-state index in [4.69, 9.17) is 11.6 Å². The van der Waals surface area contributed by atoms with Gasteiger partial charge in [0.15, 0.2) is 0 Å². The highest BCUT2D eigenvalue weighted by atomic mass is 35.5. The first-order valence-electron chi connectivity index (χ1n) is 12.1. The molecule has 0 aliphatic rings. The van der Waals surface area contributed by atoms with Gasteiger partial charge in [0.05, 0.1) is 11.9 Å². The van der Waals surface area contributed by atoms with Crippen LogP contribution in [-0.4, -0.2) is 56.1 Å². The zero-order valence-electron chi connectivity index (χ0n) is 22.0. The van der Waals surface area contributed by atoms with E-state index in [-0.39, 0.29) is 24.8 Å². The number of rotatable bonds is 11. The number of carbonyl (C=O) groups is 2. The molecule has 0 spiro atoms. The summed E-state index contributed by atoms with van der Waals surface area (Å²) in [6.45, 7) is 9.73. The minimum Gasteiger partial charge on any atom is -0.350 e. The topological polar surface area (TPSA) is 86.8 Å². The molecular formula is C27H38ClN3O4S. The maximum absolute atomic E-state index is 13.3. The fourth-order valence-electron chi connectivity index (χ4n) is 3.88. The first kappa shape index (κ1) is 29.6. The third kappa shape index (κ3) is 9.13. The number of sulfonamides is 1. The molecule has 2 aromatic carbocycles. The normalized spacial score (nSPS) is 12.6. The first-order valence-corrected chi connectivity index (χ1v) is 14.3. The average Bonchev–Trinajstić information content (AvgIpc) is 2.77. The minimum absolute atomic E-state index is 0.105. The number of hydrogen-bond donors (Lipinski definition) is 1. The second-order valence-corrected chi connectivity index (χ2v) is 12.5. The van der Waals surface area contributed by atoms with Crippen molar-refractivity contribution in [2.45, 2.75) is 65.5 Å². The summed E-state index contributed by atoms with van der Waals surface area (Å²) < 4.78 is 26.3. The molecule has 36 heavy (non-hydrogen) atoms. The lowest BCUT2D eigenvalue weighted by Gasteiger charge is -2.32. The second-order valence-electron chi connectivity index (χ2n) is 10.1. The Balaban J connectivity index is 2.16. The number of nitrogens with zero attached hydrogens (tertiary/aromatic N) is 2. The molecule has 2 aromatic rings. The Hall–Kier alpha value is -2.58. The summed E-state index contributed by atoms with van der Waals surface area (Å²) in [5, 5.41) is 3.38. The lowest BCUT2D eigenvalue weighted by molar-refractivity contribution is -0.140. The standard InChI is InChI=1S/C27H38ClN3O4S/c1-20-14-15-23(28)19-24(20)31(36(6,34)35)17-10-13-25(32)30(18-16-22-11-8-7-9-12-22)21(2)26(33)29-27(3,4)5/h7-9,11-12,14-15,19,21H,10,13,16-18H2,1-6H3,(H,29,33)/t21-/m1/s1. The second kappa shape index (κ2) is 12.6. The Kier molecular flexibility index (Phi) is 10.4. The zero-order chi connectivity index (χ0) is 27.1. The summed E-state index contributed by atoms with van der Waals surface area (Å²) in [6, 6.07) is 14.2. The van der Waals surface area contributed by atoms with Gasteiger partial charge >= 0.3 is 0 Å². The van der Waals surface area contributed by atoms with Gasteiger partial charge < -0.3 is 10.2 Å². The fraction of sp³-hybridized carbons (Fsp3) is 0.481. The Morgan fingerprint density at radius 1 is 1.06 bits per heavy atom. The van der Waals surface area contributed by atoms with Crippen LogP contribution in [0.4, 0.5) is 5.69 Å². The molecular weight excluding hydrogens is 498 g/mol. The van der Waals surface area contributed by atoms with E-state index in [1.165, 1.54) is 4.31 Å². The molecule has 0 heterocycles. The Morgan fingerprint density at radius 3 is 2.28 bits per heavy atom. The van der Waals surface area contributed by atoms with Gasteiger partial charge in [-0.15, -0.1) is 0 Å². The SMILES string of the molecule is Cc1ccc(Cl)cc1N(CCCC(=O)N(CCc1ccccc1)[C@H](C)C(=O)NC(C)(C)C)S(C)(=O)=O. The molecule has 0 aromatic heterocycles. The molecule has 2 rings (SSSR count). The van der Waals surface area contributed by atoms with Crippen molar-refractivity contribution in [2.24, 2.45) is 0 Å². The van der Waals surface area contributed by atoms with E-state index >= 15 is 0 Å². The fourth-order valence-corrected chi connectivity index (χ4v) is 5.06. The lowest BCUT2D eigenvalue weighted by Crippen LogP contribution is -2.53. The lowest BCUT2D eigenvalue weighted by atomic mass is 10.1. The molecule has 0 bridgehead atoms. The number of nitrogens with one attached hydrogen (secondary N) is 1. The predicted molar refractivity (Wildman–Crippen MR) is 147 cm³/mol. The summed E-state index contributed by atoms with van der Waals surface area (Å²) in [4.78, 5) is 27.8. The molecule has 198 valence electrons. The van der Waals surface area contributed by atoms with Gasteiger partial charge in [-0.05, 0) is 70.7 Å². The maximum Gasteiger partial charge on any atom is 0.242 e. The average molecular weight is 536 g/mol. The molecule has 9 heteroatoms. The van der Waals surface area contributed by atoms with Crippen molar-refractivity contribution >= 4 is 39.1 Å². The van der Waals surface area contributed by atoms with Crippen LogP contribution in [-0.2, 0) is 26.0 Å². The molecule has 2 amide bonds. The van der Waals surface area contributed by atoms with Crippen LogP contribution in [0, 0.1) is 6.92 Å². The molecule has 0 fully saturated rings. The van der Waals surface area contributed by atoms with E-state index in [1.54, 1.807) is 30.0 Å². The van der Waals surface area contributed by atoms with Gasteiger partial charge in [-0.1, -0.05) is 48.0 Å². The van der Waals surface area contributed by atoms with Crippen LogP contribution in [0.5, 0.6) is 0 Å². The molecule has 1 atom stereocenters. The van der Waals surface area contributed by atoms with Crippen LogP contribution in [0.15, 0.2) is 48.5 Å². The summed E-state index contributed by atoms with van der Waals surface area (Å²) in [7, 11) is -3.59. The van der Waals surface area contributed by atoms with Crippen LogP contribution in [0.25, 0.3) is 0 Å². The molecule has 0 aliphatic heterocycles. The quantitative estimate of drug-likeness (QED) is 0.456. The Morgan fingerprint density at radius 2 is 1.69 bits per heavy atom. The summed E-state index contributed by atoms with van der Waals surface area (Å²) >= 11 is 6.11. The molecule has 0 radical (unpaired) electrons. The highest BCUT2D eigenvalue weighted by Crippen LogP contribution is 2.26. The molecule has 1 N–H and O–H groups in total. The summed E-state index contributed by atoms with van der Waals surface area (Å²) in [5.74, 6) is -0.421. The van der Waals surface area contributed by atoms with Crippen LogP contribution in [0.2, 0.25) is 5.02 Å². The number of halogens is 1. The van der Waals surface area contributed by atoms with Gasteiger partial charge in [-0.25, -0.2) is 8.42 Å². The number of amides is 2. The van der Waals surface area contributed by atoms with Crippen LogP contribution < -0.4 is 9.62 Å². The van der Waals surface area contributed by atoms with Gasteiger partial charge in [0.25, 0.3) is 0 Å². The smallest absolute Gasteiger partial charge is 0.242 e. The predicted octanol–water partition coefficient (Wildman–Crippen LogP) is 4.57. The van der Waals surface area contributed by atoms with Gasteiger partial charge in [-0.3, -0.25) is 13.9 Å². The number of anilines is 1. The highest BCUT2D eigenvalue weighted by molar-refractivity contribution is 7.92. The van der Waals surface area contributed by atoms with Crippen molar-refractivity contribution in [3.05, 3.63) is 64.7 Å². The monoisotopic (exact) mass is 535 g/mol. The van der Waals surface area contributed by atoms with E-state index in [0.29, 0.717) is 30.1 Å². The van der Waals surface area contributed by atoms with Crippen LogP contribution in [0.3, 0.4) is 0 Å². The molecule has 0 saturated carbocycles. The largest absolute Gasteiger partial charge is 0.350 e. The molecule has 7 nitrogen and oxygen atoms in total. The molecule has 0 aliphatic carbocycles. The van der Waals surface area contributed by atoms with E-state index < -0.39 is 21.6 Å². The summed E-state index contributed by atoms with van der Waals surface area (Å²) in [5.41, 5.74) is 1.91. The van der Waals surface area contributed by atoms with Crippen molar-refractivity contribution in [1.82, 2.24) is 10.2 Å². The minimum atomic E-state index is -3.59. The maximum atomic E-state index is 13.3. The van der Waals surface area contributed by atoms with Crippen LogP contribution >= 0.6 is 11.6 Å². The van der Waals surface area contributed by atoms with Gasteiger partial charge in [-0.2, -0.15) is 0 Å². The third-order valence-corrected chi connectivity index (χ3v) is 7.16. The third-order valence-electron chi connectivity index (χ3n) is 5.74. The summed E-state index contributed by atoms with van der Waals surface area (Å²) in [6.07, 6.45) is 2.15. The number of carbonyl (C=O) groups excluding carboxylic acids is 2. The Labute approximate surface area is 220 Å². The van der Waals surface area contributed by atoms with Crippen LogP contribution in [0.1, 0.15) is 51.7 Å². The van der Waals surface area contributed by atoms with E-state index in [1.807, 2.05) is 58.0 Å². The van der Waals surface area contributed by atoms with E-state index in [0.717, 1.165) is 17.4 Å². The molecule has 0 saturated heterocycles. The molecule has 0 unspecified atom stereocenters. The van der Waals surface area contributed by atoms with Crippen molar-refractivity contribution in [2.75, 3.05) is 23.7 Å². The van der Waals surface area contributed by atoms with Crippen molar-refractivity contribution in [3.63, 3.8) is 0 Å². The van der Waals surface area contributed by atoms with Gasteiger partial charge in [0.2, 0.25) is 21.8 Å². The zero-order valence-corrected chi connectivity index (χ0v) is 23.6. The highest BCUT2D eigenvalue weighted by Gasteiger charge is 2.28. The van der Waals surface area contributed by atoms with Crippen molar-refractivity contribution < 1.29 is 18.0 Å². The van der Waals surface area contributed by atoms with Gasteiger partial charge in [0.1, 0.15) is 6.04 Å².